The lowest BCUT2D eigenvalue weighted by Gasteiger charge is -2.36. The number of aromatic nitrogens is 2. The predicted molar refractivity (Wildman–Crippen MR) is 104 cm³/mol. The van der Waals surface area contributed by atoms with Gasteiger partial charge in [-0.2, -0.15) is 4.98 Å². The van der Waals surface area contributed by atoms with Crippen LogP contribution < -0.4 is 16.1 Å². The zero-order chi connectivity index (χ0) is 17.8. The van der Waals surface area contributed by atoms with Crippen molar-refractivity contribution < 1.29 is 4.74 Å². The molecule has 1 aromatic carbocycles. The topological polar surface area (TPSA) is 79.5 Å². The molecule has 3 N–H and O–H groups in total. The van der Waals surface area contributed by atoms with Crippen molar-refractivity contribution in [1.82, 2.24) is 15.0 Å². The molecule has 2 aliphatic rings. The Bertz CT molecular complexity index is 768. The standard InChI is InChI=1S/C19H24N6O/c20-18-5-8-21-19(22-18)23-25-11-9-24(10-12-25)17-3-1-15(2-4-17)16-6-13-26-14-7-16/h1-6,8H,7,9-14H2,(H3,20,21,22,23). The van der Waals surface area contributed by atoms with Gasteiger partial charge in [0.05, 0.1) is 13.2 Å². The van der Waals surface area contributed by atoms with E-state index in [-0.39, 0.29) is 0 Å². The summed E-state index contributed by atoms with van der Waals surface area (Å²) in [7, 11) is 0. The lowest BCUT2D eigenvalue weighted by Crippen LogP contribution is -2.48. The zero-order valence-corrected chi connectivity index (χ0v) is 14.8. The second kappa shape index (κ2) is 7.72. The number of nitrogens with zero attached hydrogens (tertiary/aromatic N) is 4. The Labute approximate surface area is 153 Å². The number of ether oxygens (including phenoxy) is 1. The fraction of sp³-hybridized carbons (Fsp3) is 0.368. The number of piperazine rings is 1. The number of hydrogen-bond donors (Lipinski definition) is 2. The third-order valence-electron chi connectivity index (χ3n) is 4.78. The summed E-state index contributed by atoms with van der Waals surface area (Å²) in [5.74, 6) is 1.02. The summed E-state index contributed by atoms with van der Waals surface area (Å²) in [4.78, 5) is 10.8. The van der Waals surface area contributed by atoms with Gasteiger partial charge in [0.25, 0.3) is 0 Å². The van der Waals surface area contributed by atoms with Gasteiger partial charge in [-0.05, 0) is 35.8 Å². The van der Waals surface area contributed by atoms with E-state index in [1.807, 2.05) is 0 Å². The molecule has 0 saturated carbocycles. The highest BCUT2D eigenvalue weighted by Crippen LogP contribution is 2.24. The van der Waals surface area contributed by atoms with Gasteiger partial charge in [-0.25, -0.2) is 9.99 Å². The molecule has 26 heavy (non-hydrogen) atoms. The minimum atomic E-state index is 0.473. The van der Waals surface area contributed by atoms with Crippen molar-refractivity contribution >= 4 is 23.0 Å². The quantitative estimate of drug-likeness (QED) is 0.871. The molecule has 136 valence electrons. The summed E-state index contributed by atoms with van der Waals surface area (Å²) in [6.07, 6.45) is 4.84. The van der Waals surface area contributed by atoms with Gasteiger partial charge >= 0.3 is 0 Å². The van der Waals surface area contributed by atoms with Crippen LogP contribution >= 0.6 is 0 Å². The van der Waals surface area contributed by atoms with Crippen molar-refractivity contribution in [2.24, 2.45) is 0 Å². The molecule has 1 saturated heterocycles. The first-order chi connectivity index (χ1) is 12.8. The second-order valence-electron chi connectivity index (χ2n) is 6.49. The van der Waals surface area contributed by atoms with Gasteiger partial charge in [-0.15, -0.1) is 0 Å². The van der Waals surface area contributed by atoms with Crippen LogP contribution in [-0.2, 0) is 4.74 Å². The molecular formula is C19H24N6O. The zero-order valence-electron chi connectivity index (χ0n) is 14.8. The SMILES string of the molecule is Nc1ccnc(NN2CCN(c3ccc(C4=CCOCC4)cc3)CC2)n1. The first kappa shape index (κ1) is 16.8. The molecule has 2 aliphatic heterocycles. The monoisotopic (exact) mass is 352 g/mol. The highest BCUT2D eigenvalue weighted by Gasteiger charge is 2.18. The van der Waals surface area contributed by atoms with E-state index in [0.717, 1.165) is 45.8 Å². The summed E-state index contributed by atoms with van der Waals surface area (Å²) >= 11 is 0. The molecule has 0 aliphatic carbocycles. The molecule has 1 aromatic heterocycles. The van der Waals surface area contributed by atoms with E-state index in [1.165, 1.54) is 16.8 Å². The highest BCUT2D eigenvalue weighted by molar-refractivity contribution is 5.68. The maximum atomic E-state index is 5.70. The fourth-order valence-corrected chi connectivity index (χ4v) is 3.32. The van der Waals surface area contributed by atoms with Gasteiger partial charge in [0.2, 0.25) is 5.95 Å². The Morgan fingerprint density at radius 2 is 1.85 bits per heavy atom. The number of hydrazine groups is 1. The normalized spacial score (nSPS) is 18.5. The van der Waals surface area contributed by atoms with Crippen LogP contribution in [0, 0.1) is 0 Å². The fourth-order valence-electron chi connectivity index (χ4n) is 3.32. The molecule has 0 bridgehead atoms. The number of benzene rings is 1. The molecule has 0 atom stereocenters. The van der Waals surface area contributed by atoms with E-state index >= 15 is 0 Å². The molecule has 0 amide bonds. The summed E-state index contributed by atoms with van der Waals surface area (Å²) in [5, 5.41) is 2.13. The Kier molecular flexibility index (Phi) is 4.99. The molecular weight excluding hydrogens is 328 g/mol. The Hall–Kier alpha value is -2.64. The number of nitrogens with two attached hydrogens (primary N) is 1. The van der Waals surface area contributed by atoms with E-state index < -0.39 is 0 Å². The Morgan fingerprint density at radius 3 is 2.54 bits per heavy atom. The minimum absolute atomic E-state index is 0.473. The number of nitrogen functional groups attached to an aromatic ring is 1. The molecule has 0 unspecified atom stereocenters. The van der Waals surface area contributed by atoms with Crippen molar-refractivity contribution in [1.29, 1.82) is 0 Å². The van der Waals surface area contributed by atoms with Crippen LogP contribution in [0.5, 0.6) is 0 Å². The predicted octanol–water partition coefficient (Wildman–Crippen LogP) is 2.01. The van der Waals surface area contributed by atoms with Gasteiger partial charge in [0, 0.05) is 38.1 Å². The summed E-state index contributed by atoms with van der Waals surface area (Å²) in [6.45, 7) is 5.23. The largest absolute Gasteiger partial charge is 0.384 e. The van der Waals surface area contributed by atoms with E-state index in [4.69, 9.17) is 10.5 Å². The van der Waals surface area contributed by atoms with Gasteiger partial charge in [0.1, 0.15) is 5.82 Å². The van der Waals surface area contributed by atoms with E-state index in [1.54, 1.807) is 12.3 Å². The van der Waals surface area contributed by atoms with Crippen LogP contribution in [0.3, 0.4) is 0 Å². The van der Waals surface area contributed by atoms with Gasteiger partial charge in [-0.3, -0.25) is 5.43 Å². The smallest absolute Gasteiger partial charge is 0.239 e. The molecule has 2 aromatic rings. The lowest BCUT2D eigenvalue weighted by molar-refractivity contribution is 0.161. The third-order valence-corrected chi connectivity index (χ3v) is 4.78. The first-order valence-electron chi connectivity index (χ1n) is 9.00. The number of anilines is 3. The molecule has 4 rings (SSSR count). The first-order valence-corrected chi connectivity index (χ1v) is 9.00. The summed E-state index contributed by atoms with van der Waals surface area (Å²) in [5.41, 5.74) is 12.9. The molecule has 3 heterocycles. The number of nitrogens with one attached hydrogen (secondary N) is 1. The minimum Gasteiger partial charge on any atom is -0.384 e. The summed E-state index contributed by atoms with van der Waals surface area (Å²) < 4.78 is 5.39. The average Bonchev–Trinajstić information content (AvgIpc) is 2.70. The average molecular weight is 352 g/mol. The number of hydrogen-bond acceptors (Lipinski definition) is 7. The van der Waals surface area contributed by atoms with Gasteiger partial charge in [0.15, 0.2) is 0 Å². The summed E-state index contributed by atoms with van der Waals surface area (Å²) in [6, 6.07) is 10.6. The van der Waals surface area contributed by atoms with E-state index in [9.17, 15) is 0 Å². The maximum Gasteiger partial charge on any atom is 0.239 e. The van der Waals surface area contributed by atoms with Crippen LogP contribution in [0.25, 0.3) is 5.57 Å². The van der Waals surface area contributed by atoms with Crippen molar-refractivity contribution in [3.05, 3.63) is 48.2 Å². The van der Waals surface area contributed by atoms with Crippen LogP contribution in [0.1, 0.15) is 12.0 Å². The van der Waals surface area contributed by atoms with Crippen molar-refractivity contribution in [3.8, 4) is 0 Å². The Balaban J connectivity index is 1.33. The molecule has 7 heteroatoms. The van der Waals surface area contributed by atoms with Crippen molar-refractivity contribution in [3.63, 3.8) is 0 Å². The number of rotatable bonds is 4. The van der Waals surface area contributed by atoms with E-state index in [2.05, 4.69) is 55.6 Å². The Morgan fingerprint density at radius 1 is 1.04 bits per heavy atom. The molecule has 0 radical (unpaired) electrons. The third kappa shape index (κ3) is 3.95. The van der Waals surface area contributed by atoms with E-state index in [0.29, 0.717) is 11.8 Å². The second-order valence-corrected chi connectivity index (χ2v) is 6.49. The van der Waals surface area contributed by atoms with Crippen LogP contribution in [0.4, 0.5) is 17.5 Å². The lowest BCUT2D eigenvalue weighted by atomic mass is 10.0. The molecule has 0 spiro atoms. The van der Waals surface area contributed by atoms with Gasteiger partial charge < -0.3 is 15.4 Å². The van der Waals surface area contributed by atoms with Gasteiger partial charge in [-0.1, -0.05) is 18.2 Å². The van der Waals surface area contributed by atoms with Crippen LogP contribution in [0.15, 0.2) is 42.6 Å². The van der Waals surface area contributed by atoms with Crippen LogP contribution in [0.2, 0.25) is 0 Å². The van der Waals surface area contributed by atoms with Crippen LogP contribution in [-0.4, -0.2) is 54.4 Å². The van der Waals surface area contributed by atoms with Crippen molar-refractivity contribution in [2.75, 3.05) is 55.5 Å². The molecule has 1 fully saturated rings. The molecule has 7 nitrogen and oxygen atoms in total. The van der Waals surface area contributed by atoms with Crippen molar-refractivity contribution in [2.45, 2.75) is 6.42 Å². The highest BCUT2D eigenvalue weighted by atomic mass is 16.5. The maximum absolute atomic E-state index is 5.70.